The van der Waals surface area contributed by atoms with Gasteiger partial charge in [0.05, 0.1) is 16.0 Å². The topological polar surface area (TPSA) is 79.3 Å². The van der Waals surface area contributed by atoms with Crippen molar-refractivity contribution in [2.24, 2.45) is 0 Å². The number of rotatable bonds is 5. The predicted molar refractivity (Wildman–Crippen MR) is 113 cm³/mol. The third kappa shape index (κ3) is 3.87. The van der Waals surface area contributed by atoms with Crippen LogP contribution in [0.1, 0.15) is 17.2 Å². The Morgan fingerprint density at radius 3 is 2.50 bits per heavy atom. The quantitative estimate of drug-likeness (QED) is 0.465. The van der Waals surface area contributed by atoms with Gasteiger partial charge in [0, 0.05) is 17.1 Å². The first kappa shape index (κ1) is 20.3. The molecule has 1 atom stereocenters. The molecule has 0 saturated heterocycles. The summed E-state index contributed by atoms with van der Waals surface area (Å²) in [6.07, 6.45) is 1.49. The van der Waals surface area contributed by atoms with Crippen LogP contribution >= 0.6 is 11.6 Å². The minimum absolute atomic E-state index is 0.0379. The molecule has 0 amide bonds. The van der Waals surface area contributed by atoms with Gasteiger partial charge < -0.3 is 5.11 Å². The van der Waals surface area contributed by atoms with Crippen molar-refractivity contribution in [2.45, 2.75) is 10.9 Å². The van der Waals surface area contributed by atoms with Crippen molar-refractivity contribution in [3.05, 3.63) is 101 Å². The molecule has 1 unspecified atom stereocenters. The van der Waals surface area contributed by atoms with Crippen LogP contribution in [-0.2, 0) is 10.0 Å². The van der Waals surface area contributed by atoms with Crippen LogP contribution in [-0.4, -0.2) is 18.5 Å². The molecule has 0 saturated carbocycles. The minimum Gasteiger partial charge on any atom is -0.505 e. The molecule has 0 fully saturated rings. The molecular formula is C22H16ClFN2O3S. The van der Waals surface area contributed by atoms with Crippen molar-refractivity contribution < 1.29 is 17.9 Å². The Morgan fingerprint density at radius 2 is 1.77 bits per heavy atom. The van der Waals surface area contributed by atoms with Gasteiger partial charge in [0.1, 0.15) is 17.1 Å². The van der Waals surface area contributed by atoms with Crippen LogP contribution in [0.4, 0.5) is 4.39 Å². The maximum atomic E-state index is 14.0. The largest absolute Gasteiger partial charge is 0.505 e. The Balaban J connectivity index is 1.91. The summed E-state index contributed by atoms with van der Waals surface area (Å²) in [6.45, 7) is 0. The summed E-state index contributed by atoms with van der Waals surface area (Å²) in [5.74, 6) is -0.777. The third-order valence-corrected chi connectivity index (χ3v) is 6.42. The van der Waals surface area contributed by atoms with Crippen LogP contribution in [0, 0.1) is 5.82 Å². The van der Waals surface area contributed by atoms with E-state index in [2.05, 4.69) is 9.71 Å². The molecule has 3 aromatic carbocycles. The SMILES string of the molecule is O=S(=O)(NC(c1cccc(F)c1)c1cc(Cl)c2cccnc2c1O)c1ccccc1. The number of halogens is 2. The lowest BCUT2D eigenvalue weighted by molar-refractivity contribution is 0.467. The van der Waals surface area contributed by atoms with E-state index in [4.69, 9.17) is 11.6 Å². The summed E-state index contributed by atoms with van der Waals surface area (Å²) in [5, 5.41) is 11.7. The monoisotopic (exact) mass is 442 g/mol. The van der Waals surface area contributed by atoms with Crippen molar-refractivity contribution >= 4 is 32.5 Å². The number of nitrogens with zero attached hydrogens (tertiary/aromatic N) is 1. The van der Waals surface area contributed by atoms with Gasteiger partial charge in [0.2, 0.25) is 10.0 Å². The fourth-order valence-corrected chi connectivity index (χ4v) is 4.74. The molecule has 5 nitrogen and oxygen atoms in total. The smallest absolute Gasteiger partial charge is 0.241 e. The molecular weight excluding hydrogens is 427 g/mol. The van der Waals surface area contributed by atoms with Crippen LogP contribution in [0.5, 0.6) is 5.75 Å². The zero-order chi connectivity index (χ0) is 21.3. The van der Waals surface area contributed by atoms with Crippen molar-refractivity contribution in [3.8, 4) is 5.75 Å². The highest BCUT2D eigenvalue weighted by atomic mass is 35.5. The van der Waals surface area contributed by atoms with Crippen molar-refractivity contribution in [2.75, 3.05) is 0 Å². The average molecular weight is 443 g/mol. The second-order valence-electron chi connectivity index (χ2n) is 6.62. The Bertz CT molecular complexity index is 1330. The number of fused-ring (bicyclic) bond motifs is 1. The maximum Gasteiger partial charge on any atom is 0.241 e. The zero-order valence-electron chi connectivity index (χ0n) is 15.5. The van der Waals surface area contributed by atoms with Gasteiger partial charge in [0.25, 0.3) is 0 Å². The molecule has 0 aliphatic carbocycles. The molecule has 0 aliphatic rings. The van der Waals surface area contributed by atoms with E-state index >= 15 is 0 Å². The van der Waals surface area contributed by atoms with Crippen molar-refractivity contribution in [1.29, 1.82) is 0 Å². The summed E-state index contributed by atoms with van der Waals surface area (Å²) in [7, 11) is -4.00. The first-order chi connectivity index (χ1) is 14.4. The highest BCUT2D eigenvalue weighted by Crippen LogP contribution is 2.39. The molecule has 1 heterocycles. The normalized spacial score (nSPS) is 12.7. The van der Waals surface area contributed by atoms with Gasteiger partial charge in [-0.3, -0.25) is 4.98 Å². The molecule has 8 heteroatoms. The molecule has 30 heavy (non-hydrogen) atoms. The number of nitrogens with one attached hydrogen (secondary N) is 1. The van der Waals surface area contributed by atoms with Crippen LogP contribution in [0.3, 0.4) is 0 Å². The first-order valence-corrected chi connectivity index (χ1v) is 10.8. The fraction of sp³-hybridized carbons (Fsp3) is 0.0455. The van der Waals surface area contributed by atoms with Crippen LogP contribution in [0.25, 0.3) is 10.9 Å². The van der Waals surface area contributed by atoms with Gasteiger partial charge in [-0.2, -0.15) is 4.72 Å². The minimum atomic E-state index is -4.00. The van der Waals surface area contributed by atoms with E-state index in [1.165, 1.54) is 42.6 Å². The number of aromatic hydroxyl groups is 1. The van der Waals surface area contributed by atoms with E-state index in [1.807, 2.05) is 0 Å². The number of benzene rings is 3. The summed E-state index contributed by atoms with van der Waals surface area (Å²) in [4.78, 5) is 4.20. The lowest BCUT2D eigenvalue weighted by atomic mass is 9.97. The lowest BCUT2D eigenvalue weighted by Gasteiger charge is -2.22. The van der Waals surface area contributed by atoms with E-state index in [-0.39, 0.29) is 26.7 Å². The van der Waals surface area contributed by atoms with E-state index < -0.39 is 21.9 Å². The number of sulfonamides is 1. The summed E-state index contributed by atoms with van der Waals surface area (Å²) in [5.41, 5.74) is 0.688. The molecule has 2 N–H and O–H groups in total. The van der Waals surface area contributed by atoms with Gasteiger partial charge in [0.15, 0.2) is 0 Å². The lowest BCUT2D eigenvalue weighted by Crippen LogP contribution is -2.29. The zero-order valence-corrected chi connectivity index (χ0v) is 17.0. The van der Waals surface area contributed by atoms with Crippen molar-refractivity contribution in [1.82, 2.24) is 9.71 Å². The van der Waals surface area contributed by atoms with E-state index in [1.54, 1.807) is 36.4 Å². The Labute approximate surface area is 177 Å². The number of aromatic nitrogens is 1. The predicted octanol–water partition coefficient (Wildman–Crippen LogP) is 4.80. The molecule has 4 rings (SSSR count). The summed E-state index contributed by atoms with van der Waals surface area (Å²) < 4.78 is 42.5. The Morgan fingerprint density at radius 1 is 1.00 bits per heavy atom. The number of pyridine rings is 1. The van der Waals surface area contributed by atoms with Gasteiger partial charge in [-0.1, -0.05) is 41.9 Å². The highest BCUT2D eigenvalue weighted by Gasteiger charge is 2.27. The molecule has 4 aromatic rings. The van der Waals surface area contributed by atoms with Gasteiger partial charge >= 0.3 is 0 Å². The molecule has 0 spiro atoms. The highest BCUT2D eigenvalue weighted by molar-refractivity contribution is 7.89. The second-order valence-corrected chi connectivity index (χ2v) is 8.74. The van der Waals surface area contributed by atoms with E-state index in [0.29, 0.717) is 10.9 Å². The molecule has 0 aliphatic heterocycles. The number of hydrogen-bond acceptors (Lipinski definition) is 4. The van der Waals surface area contributed by atoms with E-state index in [0.717, 1.165) is 0 Å². The first-order valence-electron chi connectivity index (χ1n) is 8.96. The maximum absolute atomic E-state index is 14.0. The third-order valence-electron chi connectivity index (χ3n) is 4.66. The van der Waals surface area contributed by atoms with Gasteiger partial charge in [-0.25, -0.2) is 12.8 Å². The fourth-order valence-electron chi connectivity index (χ4n) is 3.25. The Kier molecular flexibility index (Phi) is 5.42. The number of phenols is 1. The van der Waals surface area contributed by atoms with Gasteiger partial charge in [-0.05, 0) is 48.0 Å². The molecule has 1 aromatic heterocycles. The van der Waals surface area contributed by atoms with Gasteiger partial charge in [-0.15, -0.1) is 0 Å². The van der Waals surface area contributed by atoms with Crippen LogP contribution < -0.4 is 4.72 Å². The molecule has 0 radical (unpaired) electrons. The number of hydrogen-bond donors (Lipinski definition) is 2. The molecule has 152 valence electrons. The average Bonchev–Trinajstić information content (AvgIpc) is 2.75. The number of phenolic OH excluding ortho intramolecular Hbond substituents is 1. The summed E-state index contributed by atoms with van der Waals surface area (Å²) >= 11 is 6.38. The summed E-state index contributed by atoms with van der Waals surface area (Å²) in [6, 6.07) is 17.0. The molecule has 0 bridgehead atoms. The van der Waals surface area contributed by atoms with Crippen LogP contribution in [0.2, 0.25) is 5.02 Å². The standard InChI is InChI=1S/C22H16ClFN2O3S/c23-19-13-18(22(27)21-17(19)10-5-11-25-21)20(14-6-4-7-15(24)12-14)26-30(28,29)16-8-2-1-3-9-16/h1-13,20,26-27H. The second kappa shape index (κ2) is 8.02. The Hall–Kier alpha value is -3.00. The van der Waals surface area contributed by atoms with Crippen molar-refractivity contribution in [3.63, 3.8) is 0 Å². The van der Waals surface area contributed by atoms with Crippen LogP contribution in [0.15, 0.2) is 83.9 Å². The van der Waals surface area contributed by atoms with E-state index in [9.17, 15) is 17.9 Å².